The number of halogens is 3. The van der Waals surface area contributed by atoms with E-state index in [1.807, 2.05) is 0 Å². The van der Waals surface area contributed by atoms with Crippen LogP contribution in [0.1, 0.15) is 20.7 Å². The molecule has 0 aromatic heterocycles. The molecule has 1 heterocycles. The van der Waals surface area contributed by atoms with Gasteiger partial charge >= 0.3 is 5.92 Å². The van der Waals surface area contributed by atoms with E-state index in [9.17, 15) is 28.6 Å². The quantitative estimate of drug-likeness (QED) is 0.551. The topological polar surface area (TPSA) is 83.8 Å². The highest BCUT2D eigenvalue weighted by atomic mass is 79.9. The number of ether oxygens (including phenoxy) is 1. The van der Waals surface area contributed by atoms with Gasteiger partial charge in [-0.25, -0.2) is 0 Å². The lowest BCUT2D eigenvalue weighted by Gasteiger charge is -2.33. The van der Waals surface area contributed by atoms with E-state index in [-0.39, 0.29) is 11.1 Å². The monoisotopic (exact) mass is 440 g/mol. The molecule has 2 aromatic carbocycles. The van der Waals surface area contributed by atoms with Crippen LogP contribution in [-0.2, 0) is 4.74 Å². The lowest BCUT2D eigenvalue weighted by Crippen LogP contribution is -2.62. The average molecular weight is 441 g/mol. The summed E-state index contributed by atoms with van der Waals surface area (Å²) < 4.78 is 34.4. The third-order valence-electron chi connectivity index (χ3n) is 4.47. The second kappa shape index (κ2) is 7.20. The van der Waals surface area contributed by atoms with Gasteiger partial charge in [0, 0.05) is 11.1 Å². The maximum atomic E-state index is 14.7. The first-order chi connectivity index (χ1) is 12.7. The second-order valence-electron chi connectivity index (χ2n) is 6.13. The standard InChI is InChI=1S/C19H15BrF2O5/c20-17-19(21,22)18(26,15(25)12-9-5-2-6-10-12)16(27-17)14(24)13(23)11-7-3-1-4-8-11/h1-10,14,16-17,24,26H/t14?,16-,17-,18-/m1/s1. The number of Topliss-reactive ketones (excluding diaryl/α,β-unsaturated/α-hetero) is 2. The minimum absolute atomic E-state index is 0.0319. The maximum Gasteiger partial charge on any atom is 0.321 e. The Morgan fingerprint density at radius 3 is 2.00 bits per heavy atom. The zero-order chi connectivity index (χ0) is 19.8. The van der Waals surface area contributed by atoms with Gasteiger partial charge in [-0.1, -0.05) is 76.6 Å². The van der Waals surface area contributed by atoms with E-state index >= 15 is 0 Å². The summed E-state index contributed by atoms with van der Waals surface area (Å²) in [4.78, 5) is 25.2. The molecule has 0 spiro atoms. The molecule has 3 rings (SSSR count). The summed E-state index contributed by atoms with van der Waals surface area (Å²) >= 11 is 2.58. The Bertz CT molecular complexity index is 846. The van der Waals surface area contributed by atoms with Crippen LogP contribution in [0.5, 0.6) is 0 Å². The largest absolute Gasteiger partial charge is 0.382 e. The highest BCUT2D eigenvalue weighted by Crippen LogP contribution is 2.49. The van der Waals surface area contributed by atoms with Crippen molar-refractivity contribution in [3.63, 3.8) is 0 Å². The lowest BCUT2D eigenvalue weighted by molar-refractivity contribution is -0.142. The van der Waals surface area contributed by atoms with E-state index in [0.717, 1.165) is 0 Å². The molecular weight excluding hydrogens is 426 g/mol. The number of alkyl halides is 3. The summed E-state index contributed by atoms with van der Waals surface area (Å²) in [5, 5.41) is 19.1. The van der Waals surface area contributed by atoms with Gasteiger partial charge in [-0.3, -0.25) is 9.59 Å². The van der Waals surface area contributed by atoms with Gasteiger partial charge in [-0.05, 0) is 0 Å². The highest BCUT2D eigenvalue weighted by Gasteiger charge is 2.74. The van der Waals surface area contributed by atoms with Crippen molar-refractivity contribution < 1.29 is 33.3 Å². The van der Waals surface area contributed by atoms with E-state index in [4.69, 9.17) is 4.74 Å². The summed E-state index contributed by atoms with van der Waals surface area (Å²) in [6, 6.07) is 14.4. The first-order valence-electron chi connectivity index (χ1n) is 7.98. The van der Waals surface area contributed by atoms with Crippen molar-refractivity contribution in [3.05, 3.63) is 71.8 Å². The fourth-order valence-corrected chi connectivity index (χ4v) is 3.56. The fraction of sp³-hybridized carbons (Fsp3) is 0.263. The first-order valence-corrected chi connectivity index (χ1v) is 8.89. The minimum Gasteiger partial charge on any atom is -0.382 e. The van der Waals surface area contributed by atoms with E-state index in [1.54, 1.807) is 12.1 Å². The summed E-state index contributed by atoms with van der Waals surface area (Å²) in [6.45, 7) is 0. The molecule has 0 aliphatic carbocycles. The Labute approximate surface area is 161 Å². The van der Waals surface area contributed by atoms with Crippen molar-refractivity contribution >= 4 is 27.5 Å². The lowest BCUT2D eigenvalue weighted by atomic mass is 9.80. The normalized spacial score (nSPS) is 27.9. The van der Waals surface area contributed by atoms with Crippen molar-refractivity contribution in [2.24, 2.45) is 0 Å². The average Bonchev–Trinajstić information content (AvgIpc) is 2.88. The molecule has 1 saturated heterocycles. The van der Waals surface area contributed by atoms with Crippen LogP contribution in [0.25, 0.3) is 0 Å². The zero-order valence-electron chi connectivity index (χ0n) is 13.8. The molecule has 27 heavy (non-hydrogen) atoms. The van der Waals surface area contributed by atoms with E-state index < -0.39 is 40.3 Å². The van der Waals surface area contributed by atoms with Crippen molar-refractivity contribution in [1.82, 2.24) is 0 Å². The molecule has 1 fully saturated rings. The Morgan fingerprint density at radius 1 is 1.00 bits per heavy atom. The van der Waals surface area contributed by atoms with Gasteiger partial charge in [0.15, 0.2) is 10.8 Å². The van der Waals surface area contributed by atoms with Gasteiger partial charge in [-0.2, -0.15) is 8.78 Å². The molecule has 2 N–H and O–H groups in total. The summed E-state index contributed by atoms with van der Waals surface area (Å²) in [5.41, 5.74) is -3.61. The highest BCUT2D eigenvalue weighted by molar-refractivity contribution is 9.09. The van der Waals surface area contributed by atoms with Crippen LogP contribution in [0.4, 0.5) is 8.78 Å². The predicted molar refractivity (Wildman–Crippen MR) is 95.0 cm³/mol. The van der Waals surface area contributed by atoms with E-state index in [0.29, 0.717) is 0 Å². The number of benzene rings is 2. The molecule has 2 aromatic rings. The van der Waals surface area contributed by atoms with Gasteiger partial charge in [-0.15, -0.1) is 0 Å². The first kappa shape index (κ1) is 19.8. The molecule has 0 amide bonds. The number of aliphatic hydroxyl groups is 2. The van der Waals surface area contributed by atoms with Crippen LogP contribution in [0, 0.1) is 0 Å². The van der Waals surface area contributed by atoms with Crippen LogP contribution in [0.15, 0.2) is 60.7 Å². The molecule has 0 saturated carbocycles. The molecule has 0 radical (unpaired) electrons. The molecular formula is C19H15BrF2O5. The Hall–Kier alpha value is -2.00. The van der Waals surface area contributed by atoms with Crippen molar-refractivity contribution in [3.8, 4) is 0 Å². The molecule has 1 aliphatic rings. The number of aliphatic hydroxyl groups excluding tert-OH is 1. The van der Waals surface area contributed by atoms with Crippen LogP contribution in [0.3, 0.4) is 0 Å². The van der Waals surface area contributed by atoms with Crippen LogP contribution in [0.2, 0.25) is 0 Å². The number of carbonyl (C=O) groups is 2. The smallest absolute Gasteiger partial charge is 0.321 e. The Morgan fingerprint density at radius 2 is 1.48 bits per heavy atom. The molecule has 142 valence electrons. The van der Waals surface area contributed by atoms with Gasteiger partial charge in [0.2, 0.25) is 11.4 Å². The number of hydrogen-bond acceptors (Lipinski definition) is 5. The third-order valence-corrected chi connectivity index (χ3v) is 5.26. The molecule has 4 atom stereocenters. The number of hydrogen-bond donors (Lipinski definition) is 2. The zero-order valence-corrected chi connectivity index (χ0v) is 15.3. The molecule has 1 unspecified atom stereocenters. The number of rotatable bonds is 5. The van der Waals surface area contributed by atoms with E-state index in [2.05, 4.69) is 15.9 Å². The summed E-state index contributed by atoms with van der Waals surface area (Å²) in [5.74, 6) is -6.39. The van der Waals surface area contributed by atoms with Crippen molar-refractivity contribution in [2.45, 2.75) is 28.7 Å². The Balaban J connectivity index is 2.03. The van der Waals surface area contributed by atoms with E-state index in [1.165, 1.54) is 48.5 Å². The molecule has 1 aliphatic heterocycles. The molecule has 5 nitrogen and oxygen atoms in total. The fourth-order valence-electron chi connectivity index (χ4n) is 2.98. The summed E-state index contributed by atoms with van der Waals surface area (Å²) in [6.07, 6.45) is -4.35. The van der Waals surface area contributed by atoms with Gasteiger partial charge in [0.25, 0.3) is 0 Å². The Kier molecular flexibility index (Phi) is 5.27. The predicted octanol–water partition coefficient (Wildman–Crippen LogP) is 2.60. The number of ketones is 2. The van der Waals surface area contributed by atoms with Crippen molar-refractivity contribution in [1.29, 1.82) is 0 Å². The molecule has 8 heteroatoms. The maximum absolute atomic E-state index is 14.7. The third kappa shape index (κ3) is 3.12. The van der Waals surface area contributed by atoms with Crippen molar-refractivity contribution in [2.75, 3.05) is 0 Å². The van der Waals surface area contributed by atoms with Gasteiger partial charge in [0.1, 0.15) is 12.2 Å². The second-order valence-corrected chi connectivity index (χ2v) is 6.96. The SMILES string of the molecule is O=C(c1ccccc1)C(O)[C@H]1O[C@@H](Br)C(F)(F)[C@@]1(O)C(=O)c1ccccc1. The van der Waals surface area contributed by atoms with Gasteiger partial charge < -0.3 is 14.9 Å². The van der Waals surface area contributed by atoms with Crippen LogP contribution < -0.4 is 0 Å². The van der Waals surface area contributed by atoms with Crippen LogP contribution in [-0.4, -0.2) is 50.5 Å². The van der Waals surface area contributed by atoms with Gasteiger partial charge in [0.05, 0.1) is 0 Å². The molecule has 0 bridgehead atoms. The number of carbonyl (C=O) groups excluding carboxylic acids is 2. The van der Waals surface area contributed by atoms with Crippen LogP contribution >= 0.6 is 15.9 Å². The summed E-state index contributed by atoms with van der Waals surface area (Å²) in [7, 11) is 0. The minimum atomic E-state index is -4.09.